The minimum Gasteiger partial charge on any atom is -0.355 e. The highest BCUT2D eigenvalue weighted by molar-refractivity contribution is 7.99. The van der Waals surface area contributed by atoms with Gasteiger partial charge in [-0.25, -0.2) is 0 Å². The van der Waals surface area contributed by atoms with E-state index < -0.39 is 0 Å². The zero-order valence-electron chi connectivity index (χ0n) is 12.3. The van der Waals surface area contributed by atoms with Crippen LogP contribution in [0.3, 0.4) is 0 Å². The van der Waals surface area contributed by atoms with Crippen LogP contribution in [0.5, 0.6) is 0 Å². The highest BCUT2D eigenvalue weighted by atomic mass is 32.2. The first-order valence-electron chi connectivity index (χ1n) is 6.87. The first kappa shape index (κ1) is 16.6. The Hall–Kier alpha value is -0.480. The molecule has 1 amide bonds. The monoisotopic (exact) mass is 299 g/mol. The van der Waals surface area contributed by atoms with Gasteiger partial charge in [0.2, 0.25) is 5.91 Å². The van der Waals surface area contributed by atoms with Gasteiger partial charge in [-0.1, -0.05) is 33.8 Å². The summed E-state index contributed by atoms with van der Waals surface area (Å²) >= 11 is 3.43. The quantitative estimate of drug-likeness (QED) is 0.785. The van der Waals surface area contributed by atoms with Crippen LogP contribution in [0, 0.1) is 17.8 Å². The highest BCUT2D eigenvalue weighted by Gasteiger charge is 2.18. The molecule has 1 aromatic rings. The van der Waals surface area contributed by atoms with Crippen molar-refractivity contribution in [3.8, 4) is 0 Å². The Labute approximate surface area is 125 Å². The van der Waals surface area contributed by atoms with Crippen molar-refractivity contribution in [2.24, 2.45) is 17.8 Å². The summed E-state index contributed by atoms with van der Waals surface area (Å²) in [6, 6.07) is 4.17. The van der Waals surface area contributed by atoms with Crippen molar-refractivity contribution >= 4 is 29.0 Å². The van der Waals surface area contributed by atoms with Gasteiger partial charge in [-0.3, -0.25) is 4.79 Å². The van der Waals surface area contributed by atoms with Crippen LogP contribution in [0.1, 0.15) is 32.6 Å². The lowest BCUT2D eigenvalue weighted by Crippen LogP contribution is -2.34. The van der Waals surface area contributed by atoms with Crippen molar-refractivity contribution in [3.63, 3.8) is 0 Å². The van der Waals surface area contributed by atoms with E-state index >= 15 is 0 Å². The first-order valence-corrected chi connectivity index (χ1v) is 8.91. The van der Waals surface area contributed by atoms with Gasteiger partial charge in [0.05, 0.1) is 5.75 Å². The molecule has 0 atom stereocenters. The van der Waals surface area contributed by atoms with Crippen LogP contribution in [0.2, 0.25) is 0 Å². The van der Waals surface area contributed by atoms with Gasteiger partial charge in [-0.15, -0.1) is 23.1 Å². The van der Waals surface area contributed by atoms with Gasteiger partial charge in [0.25, 0.3) is 0 Å². The van der Waals surface area contributed by atoms with E-state index in [0.29, 0.717) is 23.5 Å². The topological polar surface area (TPSA) is 29.1 Å². The third kappa shape index (κ3) is 6.48. The van der Waals surface area contributed by atoms with Crippen molar-refractivity contribution in [1.29, 1.82) is 0 Å². The largest absolute Gasteiger partial charge is 0.355 e. The number of nitrogens with one attached hydrogen (secondary N) is 1. The number of carbonyl (C=O) groups excluding carboxylic acids is 1. The summed E-state index contributed by atoms with van der Waals surface area (Å²) < 4.78 is 0. The van der Waals surface area contributed by atoms with Crippen molar-refractivity contribution in [1.82, 2.24) is 5.32 Å². The van der Waals surface area contributed by atoms with Crippen LogP contribution in [-0.2, 0) is 10.5 Å². The fraction of sp³-hybridized carbons (Fsp3) is 0.667. The lowest BCUT2D eigenvalue weighted by molar-refractivity contribution is -0.118. The molecule has 4 heteroatoms. The van der Waals surface area contributed by atoms with Crippen LogP contribution in [0.4, 0.5) is 0 Å². The molecule has 0 radical (unpaired) electrons. The standard InChI is InChI=1S/C15H25NOS2/c1-11(2)14(12(3)4)8-16-15(17)10-18-9-13-6-5-7-19-13/h5-7,11-12,14H,8-10H2,1-4H3,(H,16,17). The number of thiophene rings is 1. The molecule has 0 bridgehead atoms. The molecule has 19 heavy (non-hydrogen) atoms. The van der Waals surface area contributed by atoms with Crippen molar-refractivity contribution < 1.29 is 4.79 Å². The second kappa shape index (κ2) is 8.64. The van der Waals surface area contributed by atoms with E-state index in [-0.39, 0.29) is 5.91 Å². The molecule has 108 valence electrons. The first-order chi connectivity index (χ1) is 9.00. The summed E-state index contributed by atoms with van der Waals surface area (Å²) in [5.41, 5.74) is 0. The average molecular weight is 300 g/mol. The maximum atomic E-state index is 11.8. The second-order valence-electron chi connectivity index (χ2n) is 5.53. The molecule has 1 rings (SSSR count). The summed E-state index contributed by atoms with van der Waals surface area (Å²) in [5, 5.41) is 5.14. The molecule has 0 spiro atoms. The van der Waals surface area contributed by atoms with Crippen LogP contribution in [0.25, 0.3) is 0 Å². The Morgan fingerprint density at radius 2 is 2.00 bits per heavy atom. The third-order valence-electron chi connectivity index (χ3n) is 3.31. The molecule has 0 saturated heterocycles. The summed E-state index contributed by atoms with van der Waals surface area (Å²) in [5.74, 6) is 3.43. The SMILES string of the molecule is CC(C)C(CNC(=O)CSCc1cccs1)C(C)C. The van der Waals surface area contributed by atoms with Gasteiger partial charge < -0.3 is 5.32 Å². The zero-order valence-corrected chi connectivity index (χ0v) is 13.9. The summed E-state index contributed by atoms with van der Waals surface area (Å²) in [6.45, 7) is 9.70. The molecule has 1 heterocycles. The molecule has 1 aromatic heterocycles. The summed E-state index contributed by atoms with van der Waals surface area (Å²) in [4.78, 5) is 13.1. The number of carbonyl (C=O) groups is 1. The number of thioether (sulfide) groups is 1. The lowest BCUT2D eigenvalue weighted by atomic mass is 9.85. The summed E-state index contributed by atoms with van der Waals surface area (Å²) in [6.07, 6.45) is 0. The third-order valence-corrected chi connectivity index (χ3v) is 5.35. The Balaban J connectivity index is 2.20. The molecule has 0 aliphatic rings. The molecule has 2 nitrogen and oxygen atoms in total. The van der Waals surface area contributed by atoms with Crippen LogP contribution < -0.4 is 5.32 Å². The van der Waals surface area contributed by atoms with Gasteiger partial charge in [-0.05, 0) is 29.2 Å². The van der Waals surface area contributed by atoms with Gasteiger partial charge in [-0.2, -0.15) is 0 Å². The molecule has 0 aliphatic carbocycles. The highest BCUT2D eigenvalue weighted by Crippen LogP contribution is 2.20. The van der Waals surface area contributed by atoms with E-state index in [4.69, 9.17) is 0 Å². The summed E-state index contributed by atoms with van der Waals surface area (Å²) in [7, 11) is 0. The van der Waals surface area contributed by atoms with Crippen LogP contribution in [-0.4, -0.2) is 18.2 Å². The predicted molar refractivity (Wildman–Crippen MR) is 86.7 cm³/mol. The minimum absolute atomic E-state index is 0.160. The molecule has 0 aromatic carbocycles. The molecule has 0 unspecified atom stereocenters. The number of amides is 1. The molecular formula is C15H25NOS2. The molecule has 0 fully saturated rings. The molecule has 0 aliphatic heterocycles. The van der Waals surface area contributed by atoms with E-state index in [1.54, 1.807) is 23.1 Å². The van der Waals surface area contributed by atoms with Gasteiger partial charge in [0.15, 0.2) is 0 Å². The van der Waals surface area contributed by atoms with Crippen LogP contribution >= 0.6 is 23.1 Å². The Kier molecular flexibility index (Phi) is 7.54. The van der Waals surface area contributed by atoms with E-state index in [9.17, 15) is 4.79 Å². The Morgan fingerprint density at radius 1 is 1.32 bits per heavy atom. The van der Waals surface area contributed by atoms with Crippen LogP contribution in [0.15, 0.2) is 17.5 Å². The fourth-order valence-electron chi connectivity index (χ4n) is 2.16. The molecule has 0 saturated carbocycles. The maximum Gasteiger partial charge on any atom is 0.230 e. The van der Waals surface area contributed by atoms with Crippen molar-refractivity contribution in [2.75, 3.05) is 12.3 Å². The second-order valence-corrected chi connectivity index (χ2v) is 7.55. The zero-order chi connectivity index (χ0) is 14.3. The van der Waals surface area contributed by atoms with Gasteiger partial charge >= 0.3 is 0 Å². The molecule has 1 N–H and O–H groups in total. The maximum absolute atomic E-state index is 11.8. The Morgan fingerprint density at radius 3 is 2.53 bits per heavy atom. The van der Waals surface area contributed by atoms with E-state index in [2.05, 4.69) is 50.5 Å². The number of hydrogen-bond donors (Lipinski definition) is 1. The van der Waals surface area contributed by atoms with Gasteiger partial charge in [0, 0.05) is 17.2 Å². The Bertz CT molecular complexity index is 352. The van der Waals surface area contributed by atoms with E-state index in [0.717, 1.165) is 12.3 Å². The molecular weight excluding hydrogens is 274 g/mol. The van der Waals surface area contributed by atoms with Crippen molar-refractivity contribution in [3.05, 3.63) is 22.4 Å². The fourth-order valence-corrected chi connectivity index (χ4v) is 3.86. The predicted octanol–water partition coefficient (Wildman–Crippen LogP) is 4.03. The van der Waals surface area contributed by atoms with Gasteiger partial charge in [0.1, 0.15) is 0 Å². The lowest BCUT2D eigenvalue weighted by Gasteiger charge is -2.25. The normalized spacial score (nSPS) is 11.5. The number of hydrogen-bond acceptors (Lipinski definition) is 3. The van der Waals surface area contributed by atoms with E-state index in [1.165, 1.54) is 4.88 Å². The smallest absolute Gasteiger partial charge is 0.230 e. The van der Waals surface area contributed by atoms with Crippen molar-refractivity contribution in [2.45, 2.75) is 33.4 Å². The average Bonchev–Trinajstić information content (AvgIpc) is 2.81. The minimum atomic E-state index is 0.160. The number of rotatable bonds is 8. The van der Waals surface area contributed by atoms with E-state index in [1.807, 2.05) is 0 Å².